The Morgan fingerprint density at radius 1 is 1.80 bits per heavy atom. The molecule has 1 amide bonds. The van der Waals surface area contributed by atoms with Crippen molar-refractivity contribution in [3.8, 4) is 0 Å². The second-order valence-corrected chi connectivity index (χ2v) is 2.20. The summed E-state index contributed by atoms with van der Waals surface area (Å²) >= 11 is 0. The number of nitrogens with one attached hydrogen (secondary N) is 1. The molecule has 0 radical (unpaired) electrons. The van der Waals surface area contributed by atoms with Crippen LogP contribution in [0.25, 0.3) is 0 Å². The predicted molar refractivity (Wildman–Crippen MR) is 36.6 cm³/mol. The molecule has 0 atom stereocenters. The molecule has 1 aliphatic heterocycles. The molecule has 1 rings (SSSR count). The van der Waals surface area contributed by atoms with Gasteiger partial charge < -0.3 is 5.32 Å². The minimum atomic E-state index is -0.863. The van der Waals surface area contributed by atoms with Gasteiger partial charge in [0.2, 0.25) is 5.91 Å². The molecule has 0 unspecified atom stereocenters. The van der Waals surface area contributed by atoms with E-state index in [1.807, 2.05) is 0 Å². The highest BCUT2D eigenvalue weighted by Gasteiger charge is 2.13. The second-order valence-electron chi connectivity index (χ2n) is 2.20. The first-order valence-corrected chi connectivity index (χ1v) is 3.31. The Bertz CT molecular complexity index is 186. The molecule has 56 valence electrons. The summed E-state index contributed by atoms with van der Waals surface area (Å²) < 4.78 is 7.28. The molecule has 1 heterocycles. The highest BCUT2D eigenvalue weighted by atomic mass is 16.1. The number of hydrogen-bond acceptors (Lipinski definition) is 3. The van der Waals surface area contributed by atoms with E-state index in [1.54, 1.807) is 0 Å². The summed E-state index contributed by atoms with van der Waals surface area (Å²) in [6.07, 6.45) is 0.502. The Kier molecular flexibility index (Phi) is 1.92. The zero-order valence-electron chi connectivity index (χ0n) is 6.92. The molecule has 0 saturated carbocycles. The van der Waals surface area contributed by atoms with E-state index in [0.29, 0.717) is 13.0 Å². The molecule has 1 aliphatic rings. The van der Waals surface area contributed by atoms with Gasteiger partial charge in [0.25, 0.3) is 0 Å². The molecular weight excluding hydrogens is 130 g/mol. The molecule has 0 aliphatic carbocycles. The van der Waals surface area contributed by atoms with Crippen LogP contribution < -0.4 is 5.32 Å². The van der Waals surface area contributed by atoms with Crippen molar-refractivity contribution in [2.24, 2.45) is 10.2 Å². The third kappa shape index (κ3) is 3.17. The van der Waals surface area contributed by atoms with Gasteiger partial charge in [-0.25, -0.2) is 0 Å². The van der Waals surface area contributed by atoms with Crippen LogP contribution in [0.4, 0.5) is 0 Å². The molecule has 0 spiro atoms. The van der Waals surface area contributed by atoms with E-state index >= 15 is 0 Å². The minimum Gasteiger partial charge on any atom is -0.356 e. The first kappa shape index (κ1) is 5.82. The molecule has 10 heavy (non-hydrogen) atoms. The van der Waals surface area contributed by atoms with Crippen LogP contribution in [0, 0.1) is 0 Å². The number of rotatable bonds is 4. The summed E-state index contributed by atoms with van der Waals surface area (Å²) in [5, 5.41) is 9.70. The molecule has 0 aromatic rings. The van der Waals surface area contributed by atoms with Gasteiger partial charge in [-0.3, -0.25) is 4.79 Å². The number of hydrogen-bond donors (Lipinski definition) is 1. The summed E-state index contributed by atoms with van der Waals surface area (Å²) in [6, 6.07) is 0. The van der Waals surface area contributed by atoms with Gasteiger partial charge in [0.05, 0.1) is 1.37 Å². The van der Waals surface area contributed by atoms with Gasteiger partial charge in [0, 0.05) is 13.5 Å². The van der Waals surface area contributed by atoms with Crippen molar-refractivity contribution in [2.45, 2.75) is 25.9 Å². The monoisotopic (exact) mass is 142 g/mol. The van der Waals surface area contributed by atoms with Crippen molar-refractivity contribution in [1.29, 1.82) is 0 Å². The molecule has 0 aromatic carbocycles. The van der Waals surface area contributed by atoms with Crippen LogP contribution >= 0.6 is 0 Å². The van der Waals surface area contributed by atoms with Gasteiger partial charge in [-0.2, -0.15) is 10.2 Å². The van der Waals surface area contributed by atoms with Crippen molar-refractivity contribution >= 4 is 5.91 Å². The lowest BCUT2D eigenvalue weighted by atomic mass is 10.3. The number of carbonyl (C=O) groups excluding carboxylic acids is 1. The van der Waals surface area contributed by atoms with Crippen LogP contribution in [-0.4, -0.2) is 18.6 Å². The van der Waals surface area contributed by atoms with Gasteiger partial charge in [-0.1, -0.05) is 0 Å². The smallest absolute Gasteiger partial charge is 0.216 e. The van der Waals surface area contributed by atoms with Gasteiger partial charge >= 0.3 is 0 Å². The van der Waals surface area contributed by atoms with Crippen molar-refractivity contribution in [3.63, 3.8) is 0 Å². The number of amides is 1. The largest absolute Gasteiger partial charge is 0.356 e. The SMILES string of the molecule is [2H]C1(CCCNC(C)=O)N=N1. The topological polar surface area (TPSA) is 53.8 Å². The summed E-state index contributed by atoms with van der Waals surface area (Å²) in [4.78, 5) is 10.4. The summed E-state index contributed by atoms with van der Waals surface area (Å²) in [7, 11) is 0. The van der Waals surface area contributed by atoms with E-state index in [4.69, 9.17) is 1.37 Å². The zero-order chi connectivity index (χ0) is 8.32. The van der Waals surface area contributed by atoms with Crippen LogP contribution in [0.5, 0.6) is 0 Å². The standard InChI is InChI=1S/C6H11N3O/c1-5(10)7-4-2-3-6-8-9-6/h6H,2-4H2,1H3,(H,7,10)/i6D. The predicted octanol–water partition coefficient (Wildman–Crippen LogP) is 0.695. The van der Waals surface area contributed by atoms with Gasteiger partial charge in [-0.05, 0) is 12.8 Å². The van der Waals surface area contributed by atoms with Crippen LogP contribution in [0.3, 0.4) is 0 Å². The van der Waals surface area contributed by atoms with Crippen LogP contribution in [0.1, 0.15) is 21.1 Å². The molecule has 4 heteroatoms. The Balaban J connectivity index is 1.93. The molecule has 0 saturated heterocycles. The van der Waals surface area contributed by atoms with Crippen molar-refractivity contribution in [1.82, 2.24) is 5.32 Å². The third-order valence-electron chi connectivity index (χ3n) is 1.19. The summed E-state index contributed by atoms with van der Waals surface area (Å²) in [5.74, 6) is -0.0336. The highest BCUT2D eigenvalue weighted by Crippen LogP contribution is 2.15. The maximum Gasteiger partial charge on any atom is 0.216 e. The van der Waals surface area contributed by atoms with Crippen molar-refractivity contribution in [2.75, 3.05) is 6.54 Å². The van der Waals surface area contributed by atoms with Crippen LogP contribution in [0.2, 0.25) is 0 Å². The van der Waals surface area contributed by atoms with E-state index in [1.165, 1.54) is 6.92 Å². The van der Waals surface area contributed by atoms with Crippen LogP contribution in [-0.2, 0) is 4.79 Å². The quantitative estimate of drug-likeness (QED) is 0.577. The highest BCUT2D eigenvalue weighted by molar-refractivity contribution is 5.72. The van der Waals surface area contributed by atoms with Gasteiger partial charge in [0.1, 0.15) is 0 Å². The lowest BCUT2D eigenvalue weighted by Gasteiger charge is -1.97. The molecule has 0 aromatic heterocycles. The van der Waals surface area contributed by atoms with Gasteiger partial charge in [0.15, 0.2) is 6.14 Å². The summed E-state index contributed by atoms with van der Waals surface area (Å²) in [5.41, 5.74) is 0. The van der Waals surface area contributed by atoms with E-state index in [0.717, 1.165) is 6.42 Å². The number of carbonyl (C=O) groups is 1. The summed E-state index contributed by atoms with van der Waals surface area (Å²) in [6.45, 7) is 2.09. The fraction of sp³-hybridized carbons (Fsp3) is 0.833. The molecule has 1 N–H and O–H groups in total. The van der Waals surface area contributed by atoms with Gasteiger partial charge in [-0.15, -0.1) is 0 Å². The average Bonchev–Trinajstić information content (AvgIpc) is 2.62. The lowest BCUT2D eigenvalue weighted by Crippen LogP contribution is -2.21. The molecule has 0 fully saturated rings. The molecule has 4 nitrogen and oxygen atoms in total. The van der Waals surface area contributed by atoms with Crippen LogP contribution in [0.15, 0.2) is 10.2 Å². The van der Waals surface area contributed by atoms with E-state index < -0.39 is 6.14 Å². The second kappa shape index (κ2) is 3.29. The first-order valence-electron chi connectivity index (χ1n) is 3.81. The van der Waals surface area contributed by atoms with Crippen molar-refractivity contribution < 1.29 is 6.17 Å². The lowest BCUT2D eigenvalue weighted by molar-refractivity contribution is -0.118. The Labute approximate surface area is 61.1 Å². The first-order chi connectivity index (χ1) is 5.12. The van der Waals surface area contributed by atoms with Crippen molar-refractivity contribution in [3.05, 3.63) is 0 Å². The Morgan fingerprint density at radius 2 is 2.50 bits per heavy atom. The van der Waals surface area contributed by atoms with E-state index in [2.05, 4.69) is 15.5 Å². The fourth-order valence-corrected chi connectivity index (χ4v) is 0.646. The number of nitrogens with zero attached hydrogens (tertiary/aromatic N) is 2. The third-order valence-corrected chi connectivity index (χ3v) is 1.19. The Hall–Kier alpha value is -0.930. The zero-order valence-corrected chi connectivity index (χ0v) is 5.92. The minimum absolute atomic E-state index is 0.0336. The Morgan fingerprint density at radius 3 is 3.00 bits per heavy atom. The van der Waals surface area contributed by atoms with E-state index in [9.17, 15) is 4.79 Å². The maximum absolute atomic E-state index is 10.4. The maximum atomic E-state index is 10.4. The molecule has 0 bridgehead atoms. The fourth-order valence-electron chi connectivity index (χ4n) is 0.646. The molecular formula is C6H11N3O. The normalized spacial score (nSPS) is 19.9. The average molecular weight is 142 g/mol. The van der Waals surface area contributed by atoms with E-state index in [-0.39, 0.29) is 5.91 Å².